The van der Waals surface area contributed by atoms with Crippen LogP contribution in [0.5, 0.6) is 5.75 Å². The number of nitrogens with one attached hydrogen (secondary N) is 2. The standard InChI is InChI=1S/C17H22N6O4/c1-26-14-5-3-2-4-13(14)21-17-15(23(24)25)16(19-12-20-17)18-6-7-22-8-10-27-11-9-22/h2-5,12H,6-11H2,1H3,(H2,18,19,20,21). The average Bonchev–Trinajstić information content (AvgIpc) is 2.69. The van der Waals surface area contributed by atoms with E-state index in [1.54, 1.807) is 18.2 Å². The van der Waals surface area contributed by atoms with Crippen LogP contribution in [0.1, 0.15) is 0 Å². The molecule has 0 unspecified atom stereocenters. The SMILES string of the molecule is COc1ccccc1Nc1ncnc(NCCN2CCOCC2)c1[N+](=O)[O-]. The lowest BCUT2D eigenvalue weighted by Gasteiger charge is -2.26. The van der Waals surface area contributed by atoms with Crippen LogP contribution in [0.4, 0.5) is 23.0 Å². The number of hydrogen-bond donors (Lipinski definition) is 2. The zero-order valence-electron chi connectivity index (χ0n) is 15.1. The van der Waals surface area contributed by atoms with E-state index in [0.717, 1.165) is 19.6 Å². The second-order valence-electron chi connectivity index (χ2n) is 5.88. The molecule has 1 aliphatic heterocycles. The molecule has 0 spiro atoms. The smallest absolute Gasteiger partial charge is 0.353 e. The Balaban J connectivity index is 1.75. The zero-order valence-corrected chi connectivity index (χ0v) is 15.1. The maximum absolute atomic E-state index is 11.6. The largest absolute Gasteiger partial charge is 0.495 e. The van der Waals surface area contributed by atoms with Gasteiger partial charge in [0.1, 0.15) is 12.1 Å². The minimum Gasteiger partial charge on any atom is -0.495 e. The van der Waals surface area contributed by atoms with Gasteiger partial charge in [0.25, 0.3) is 0 Å². The Morgan fingerprint density at radius 3 is 2.74 bits per heavy atom. The van der Waals surface area contributed by atoms with Crippen LogP contribution < -0.4 is 15.4 Å². The van der Waals surface area contributed by atoms with Crippen LogP contribution >= 0.6 is 0 Å². The number of nitrogens with zero attached hydrogens (tertiary/aromatic N) is 4. The first-order chi connectivity index (χ1) is 13.2. The highest BCUT2D eigenvalue weighted by Crippen LogP contribution is 2.33. The molecule has 1 saturated heterocycles. The molecule has 0 atom stereocenters. The van der Waals surface area contributed by atoms with Gasteiger partial charge < -0.3 is 20.1 Å². The summed E-state index contributed by atoms with van der Waals surface area (Å²) in [5.74, 6) is 0.848. The number of nitro groups is 1. The van der Waals surface area contributed by atoms with Crippen LogP contribution in [-0.4, -0.2) is 66.3 Å². The molecule has 0 saturated carbocycles. The fraction of sp³-hybridized carbons (Fsp3) is 0.412. The number of aromatic nitrogens is 2. The Morgan fingerprint density at radius 2 is 2.00 bits per heavy atom. The fourth-order valence-corrected chi connectivity index (χ4v) is 2.81. The van der Waals surface area contributed by atoms with Gasteiger partial charge in [-0.25, -0.2) is 9.97 Å². The van der Waals surface area contributed by atoms with E-state index in [-0.39, 0.29) is 17.3 Å². The minimum atomic E-state index is -0.491. The third-order valence-electron chi connectivity index (χ3n) is 4.19. The van der Waals surface area contributed by atoms with Crippen molar-refractivity contribution < 1.29 is 14.4 Å². The van der Waals surface area contributed by atoms with Gasteiger partial charge in [-0.1, -0.05) is 12.1 Å². The van der Waals surface area contributed by atoms with E-state index < -0.39 is 4.92 Å². The molecule has 27 heavy (non-hydrogen) atoms. The summed E-state index contributed by atoms with van der Waals surface area (Å²) < 4.78 is 10.6. The van der Waals surface area contributed by atoms with E-state index in [2.05, 4.69) is 25.5 Å². The Hall–Kier alpha value is -2.98. The van der Waals surface area contributed by atoms with E-state index in [1.807, 2.05) is 6.07 Å². The van der Waals surface area contributed by atoms with Gasteiger partial charge in [-0.05, 0) is 12.1 Å². The van der Waals surface area contributed by atoms with Crippen molar-refractivity contribution in [3.05, 3.63) is 40.7 Å². The topological polar surface area (TPSA) is 115 Å². The Kier molecular flexibility index (Phi) is 6.34. The van der Waals surface area contributed by atoms with Gasteiger partial charge in [0.05, 0.1) is 30.9 Å². The Bertz CT molecular complexity index is 782. The maximum Gasteiger partial charge on any atom is 0.353 e. The number of ether oxygens (including phenoxy) is 2. The fourth-order valence-electron chi connectivity index (χ4n) is 2.81. The highest BCUT2D eigenvalue weighted by Gasteiger charge is 2.24. The second kappa shape index (κ2) is 9.10. The summed E-state index contributed by atoms with van der Waals surface area (Å²) in [6, 6.07) is 7.14. The normalized spacial score (nSPS) is 14.6. The highest BCUT2D eigenvalue weighted by molar-refractivity contribution is 5.75. The molecule has 2 heterocycles. The quantitative estimate of drug-likeness (QED) is 0.528. The van der Waals surface area contributed by atoms with E-state index in [4.69, 9.17) is 9.47 Å². The molecule has 0 aliphatic carbocycles. The summed E-state index contributed by atoms with van der Waals surface area (Å²) in [5.41, 5.74) is 0.381. The van der Waals surface area contributed by atoms with Crippen molar-refractivity contribution in [2.24, 2.45) is 0 Å². The monoisotopic (exact) mass is 374 g/mol. The van der Waals surface area contributed by atoms with Gasteiger partial charge in [0.15, 0.2) is 0 Å². The van der Waals surface area contributed by atoms with Crippen LogP contribution in [0, 0.1) is 10.1 Å². The maximum atomic E-state index is 11.6. The van der Waals surface area contributed by atoms with E-state index >= 15 is 0 Å². The molecule has 2 aromatic rings. The second-order valence-corrected chi connectivity index (χ2v) is 5.88. The molecule has 0 bridgehead atoms. The van der Waals surface area contributed by atoms with Crippen LogP contribution in [-0.2, 0) is 4.74 Å². The lowest BCUT2D eigenvalue weighted by atomic mass is 10.3. The number of anilines is 3. The number of rotatable bonds is 8. The molecule has 144 valence electrons. The van der Waals surface area contributed by atoms with Crippen LogP contribution in [0.25, 0.3) is 0 Å². The summed E-state index contributed by atoms with van der Waals surface area (Å²) in [7, 11) is 1.54. The van der Waals surface area contributed by atoms with Crippen molar-refractivity contribution in [3.8, 4) is 5.75 Å². The first-order valence-electron chi connectivity index (χ1n) is 8.62. The summed E-state index contributed by atoms with van der Waals surface area (Å²) in [6.07, 6.45) is 1.29. The number of benzene rings is 1. The number of hydrogen-bond acceptors (Lipinski definition) is 9. The summed E-state index contributed by atoms with van der Waals surface area (Å²) in [5, 5.41) is 17.7. The molecule has 10 heteroatoms. The lowest BCUT2D eigenvalue weighted by Crippen LogP contribution is -2.39. The Morgan fingerprint density at radius 1 is 1.26 bits per heavy atom. The minimum absolute atomic E-state index is 0.105. The van der Waals surface area contributed by atoms with Crippen molar-refractivity contribution in [1.29, 1.82) is 0 Å². The Labute approximate surface area is 156 Å². The summed E-state index contributed by atoms with van der Waals surface area (Å²) in [6.45, 7) is 4.41. The van der Waals surface area contributed by atoms with Gasteiger partial charge in [-0.3, -0.25) is 15.0 Å². The number of para-hydroxylation sites is 2. The van der Waals surface area contributed by atoms with Gasteiger partial charge in [-0.15, -0.1) is 0 Å². The third-order valence-corrected chi connectivity index (χ3v) is 4.19. The van der Waals surface area contributed by atoms with Crippen molar-refractivity contribution in [2.45, 2.75) is 0 Å². The number of methoxy groups -OCH3 is 1. The molecule has 10 nitrogen and oxygen atoms in total. The molecule has 0 amide bonds. The van der Waals surface area contributed by atoms with Crippen molar-refractivity contribution in [1.82, 2.24) is 14.9 Å². The molecule has 1 fully saturated rings. The van der Waals surface area contributed by atoms with E-state index in [9.17, 15) is 10.1 Å². The summed E-state index contributed by atoms with van der Waals surface area (Å²) in [4.78, 5) is 21.5. The van der Waals surface area contributed by atoms with E-state index in [0.29, 0.717) is 31.2 Å². The first-order valence-corrected chi connectivity index (χ1v) is 8.62. The first kappa shape index (κ1) is 18.8. The molecule has 1 aliphatic rings. The van der Waals surface area contributed by atoms with Crippen molar-refractivity contribution in [3.63, 3.8) is 0 Å². The molecule has 0 radical (unpaired) electrons. The highest BCUT2D eigenvalue weighted by atomic mass is 16.6. The molecule has 3 rings (SSSR count). The zero-order chi connectivity index (χ0) is 19.1. The van der Waals surface area contributed by atoms with Gasteiger partial charge in [0.2, 0.25) is 11.6 Å². The molecule has 2 N–H and O–H groups in total. The van der Waals surface area contributed by atoms with Crippen LogP contribution in [0.15, 0.2) is 30.6 Å². The molecule has 1 aromatic carbocycles. The molecular formula is C17H22N6O4. The van der Waals surface area contributed by atoms with E-state index in [1.165, 1.54) is 13.4 Å². The van der Waals surface area contributed by atoms with Crippen LogP contribution in [0.2, 0.25) is 0 Å². The van der Waals surface area contributed by atoms with Gasteiger partial charge >= 0.3 is 5.69 Å². The van der Waals surface area contributed by atoms with Crippen LogP contribution in [0.3, 0.4) is 0 Å². The van der Waals surface area contributed by atoms with Crippen molar-refractivity contribution in [2.75, 3.05) is 57.1 Å². The van der Waals surface area contributed by atoms with Crippen molar-refractivity contribution >= 4 is 23.0 Å². The molecular weight excluding hydrogens is 352 g/mol. The molecule has 1 aromatic heterocycles. The number of morpholine rings is 1. The predicted octanol–water partition coefficient (Wildman–Crippen LogP) is 1.88. The third kappa shape index (κ3) is 4.80. The van der Waals surface area contributed by atoms with Gasteiger partial charge in [-0.2, -0.15) is 0 Å². The predicted molar refractivity (Wildman–Crippen MR) is 101 cm³/mol. The lowest BCUT2D eigenvalue weighted by molar-refractivity contribution is -0.383. The summed E-state index contributed by atoms with van der Waals surface area (Å²) >= 11 is 0. The average molecular weight is 374 g/mol. The van der Waals surface area contributed by atoms with Gasteiger partial charge in [0, 0.05) is 26.2 Å².